The number of amides is 1. The number of hydrogen-bond acceptors (Lipinski definition) is 9. The van der Waals surface area contributed by atoms with Crippen LogP contribution >= 0.6 is 23.5 Å². The maximum atomic E-state index is 11.9. The molecule has 2 aliphatic rings. The van der Waals surface area contributed by atoms with Gasteiger partial charge in [-0.1, -0.05) is 4.98 Å². The molecule has 2 unspecified atom stereocenters. The molecule has 1 saturated heterocycles. The van der Waals surface area contributed by atoms with E-state index in [1.165, 1.54) is 34.5 Å². The summed E-state index contributed by atoms with van der Waals surface area (Å²) in [4.78, 5) is 28.8. The van der Waals surface area contributed by atoms with Gasteiger partial charge < -0.3 is 27.1 Å². The quantitative estimate of drug-likeness (QED) is 0.225. The lowest BCUT2D eigenvalue weighted by molar-refractivity contribution is -0.698. The number of aromatic nitrogens is 2. The molecule has 0 bridgehead atoms. The lowest BCUT2D eigenvalue weighted by atomic mass is 10.0. The van der Waals surface area contributed by atoms with Crippen molar-refractivity contribution in [3.63, 3.8) is 0 Å². The van der Waals surface area contributed by atoms with Crippen molar-refractivity contribution < 1.29 is 19.3 Å². The van der Waals surface area contributed by atoms with Crippen LogP contribution in [0.3, 0.4) is 0 Å². The zero-order valence-electron chi connectivity index (χ0n) is 12.8. The summed E-state index contributed by atoms with van der Waals surface area (Å²) in [5.41, 5.74) is 17.7. The molecule has 3 heterocycles. The van der Waals surface area contributed by atoms with E-state index < -0.39 is 17.9 Å². The molecule has 3 rings (SSSR count). The van der Waals surface area contributed by atoms with E-state index in [2.05, 4.69) is 4.98 Å². The Hall–Kier alpha value is -1.98. The first-order valence-electron chi connectivity index (χ1n) is 6.99. The topological polar surface area (TPSA) is 155 Å². The standard InChI is InChI=1S/C13H16N6O3S2/c1-18-7(15)2-6(14)17-13(18)24-4-5-3-23-11-8(16)10(20)19(11)9(5)12(21)22/h2,8,11H,3-4,16H2,1H3,(H4,14,15,21,22). The van der Waals surface area contributed by atoms with Crippen LogP contribution in [-0.2, 0) is 16.6 Å². The first-order chi connectivity index (χ1) is 11.3. The fourth-order valence-corrected chi connectivity index (χ4v) is 4.97. The van der Waals surface area contributed by atoms with E-state index in [0.717, 1.165) is 0 Å². The molecule has 0 aromatic carbocycles. The van der Waals surface area contributed by atoms with Crippen LogP contribution in [0.15, 0.2) is 22.5 Å². The normalized spacial score (nSPS) is 23.1. The van der Waals surface area contributed by atoms with Gasteiger partial charge in [-0.15, -0.1) is 11.8 Å². The highest BCUT2D eigenvalue weighted by Crippen LogP contribution is 2.40. The third-order valence-electron chi connectivity index (χ3n) is 3.85. The number of anilines is 2. The van der Waals surface area contributed by atoms with Crippen molar-refractivity contribution in [2.45, 2.75) is 16.6 Å². The molecular formula is C13H16N6O3S2. The van der Waals surface area contributed by atoms with E-state index in [1.807, 2.05) is 0 Å². The molecule has 0 spiro atoms. The predicted molar refractivity (Wildman–Crippen MR) is 88.1 cm³/mol. The van der Waals surface area contributed by atoms with E-state index in [1.54, 1.807) is 11.6 Å². The lowest BCUT2D eigenvalue weighted by Gasteiger charge is -2.49. The molecule has 2 aliphatic heterocycles. The summed E-state index contributed by atoms with van der Waals surface area (Å²) in [6, 6.07) is 0.878. The van der Waals surface area contributed by atoms with Crippen LogP contribution in [0.25, 0.3) is 0 Å². The highest BCUT2D eigenvalue weighted by molar-refractivity contribution is 8.01. The molecule has 1 aromatic heterocycles. The zero-order chi connectivity index (χ0) is 17.6. The second-order valence-corrected chi connectivity index (χ2v) is 7.46. The average molecular weight is 368 g/mol. The first-order valence-corrected chi connectivity index (χ1v) is 9.03. The third-order valence-corrected chi connectivity index (χ3v) is 6.33. The second-order valence-electron chi connectivity index (χ2n) is 5.41. The van der Waals surface area contributed by atoms with E-state index >= 15 is 0 Å². The van der Waals surface area contributed by atoms with Crippen molar-refractivity contribution in [2.75, 3.05) is 23.0 Å². The van der Waals surface area contributed by atoms with Gasteiger partial charge in [-0.2, -0.15) is 0 Å². The summed E-state index contributed by atoms with van der Waals surface area (Å²) in [5, 5.41) is 11.7. The fraction of sp³-hybridized carbons (Fsp3) is 0.385. The van der Waals surface area contributed by atoms with Crippen LogP contribution in [0.5, 0.6) is 0 Å². The molecule has 1 fully saturated rings. The third kappa shape index (κ3) is 2.68. The number of thioether (sulfide) groups is 2. The highest BCUT2D eigenvalue weighted by atomic mass is 32.2. The van der Waals surface area contributed by atoms with Gasteiger partial charge in [0.1, 0.15) is 11.4 Å². The largest absolute Gasteiger partial charge is 0.543 e. The van der Waals surface area contributed by atoms with Crippen LogP contribution in [-0.4, -0.2) is 44.7 Å². The minimum absolute atomic E-state index is 0.0857. The average Bonchev–Trinajstić information content (AvgIpc) is 2.54. The minimum Gasteiger partial charge on any atom is -0.543 e. The van der Waals surface area contributed by atoms with Crippen molar-refractivity contribution >= 4 is 47.0 Å². The van der Waals surface area contributed by atoms with Gasteiger partial charge in [0.2, 0.25) is 17.5 Å². The Morgan fingerprint density at radius 2 is 2.29 bits per heavy atom. The van der Waals surface area contributed by atoms with Gasteiger partial charge in [0.25, 0.3) is 0 Å². The Labute approximate surface area is 146 Å². The van der Waals surface area contributed by atoms with Crippen molar-refractivity contribution in [2.24, 2.45) is 12.8 Å². The Bertz CT molecular complexity index is 768. The summed E-state index contributed by atoms with van der Waals surface area (Å²) >= 11 is 2.73. The second kappa shape index (κ2) is 6.15. The molecule has 0 radical (unpaired) electrons. The van der Waals surface area contributed by atoms with E-state index in [9.17, 15) is 14.7 Å². The number of carbonyl (C=O) groups is 2. The number of carboxylic acids is 1. The van der Waals surface area contributed by atoms with Crippen molar-refractivity contribution in [3.05, 3.63) is 17.3 Å². The highest BCUT2D eigenvalue weighted by Gasteiger charge is 2.50. The smallest absolute Gasteiger partial charge is 0.301 e. The fourth-order valence-electron chi connectivity index (χ4n) is 2.54. The van der Waals surface area contributed by atoms with Gasteiger partial charge in [-0.05, 0) is 17.3 Å². The number of β-lactam (4-membered cyclic amide) rings is 1. The number of hydrogen-bond donors (Lipinski definition) is 3. The van der Waals surface area contributed by atoms with Gasteiger partial charge in [0.05, 0.1) is 24.8 Å². The summed E-state index contributed by atoms with van der Waals surface area (Å²) in [6.07, 6.45) is 0. The van der Waals surface area contributed by atoms with Gasteiger partial charge in [-0.25, -0.2) is 4.57 Å². The van der Waals surface area contributed by atoms with Gasteiger partial charge in [-0.3, -0.25) is 9.69 Å². The van der Waals surface area contributed by atoms with Gasteiger partial charge >= 0.3 is 5.16 Å². The number of carbonyl (C=O) groups excluding carboxylic acids is 2. The molecule has 0 aliphatic carbocycles. The number of aliphatic carboxylic acids is 1. The molecule has 24 heavy (non-hydrogen) atoms. The Balaban J connectivity index is 1.86. The van der Waals surface area contributed by atoms with Gasteiger partial charge in [0, 0.05) is 11.5 Å². The molecule has 1 aromatic rings. The molecule has 6 N–H and O–H groups in total. The summed E-state index contributed by atoms with van der Waals surface area (Å²) in [7, 11) is 1.74. The number of fused-ring (bicyclic) bond motifs is 1. The minimum atomic E-state index is -1.37. The van der Waals surface area contributed by atoms with Crippen LogP contribution < -0.4 is 26.9 Å². The molecular weight excluding hydrogens is 352 g/mol. The first kappa shape index (κ1) is 16.9. The molecule has 9 nitrogen and oxygen atoms in total. The molecule has 128 valence electrons. The zero-order valence-corrected chi connectivity index (χ0v) is 14.4. The van der Waals surface area contributed by atoms with Crippen molar-refractivity contribution in [1.82, 2.24) is 9.88 Å². The molecule has 11 heteroatoms. The number of nitrogen functional groups attached to an aromatic ring is 2. The number of rotatable bonds is 4. The van der Waals surface area contributed by atoms with E-state index in [4.69, 9.17) is 17.2 Å². The van der Waals surface area contributed by atoms with E-state index in [0.29, 0.717) is 28.1 Å². The molecule has 0 saturated carbocycles. The Morgan fingerprint density at radius 3 is 2.96 bits per heavy atom. The van der Waals surface area contributed by atoms with E-state index in [-0.39, 0.29) is 16.9 Å². The number of nitrogens with two attached hydrogens (primary N) is 3. The summed E-state index contributed by atoms with van der Waals surface area (Å²) < 4.78 is 1.66. The maximum Gasteiger partial charge on any atom is 0.301 e. The monoisotopic (exact) mass is 368 g/mol. The predicted octanol–water partition coefficient (Wildman–Crippen LogP) is -2.59. The molecule has 1 amide bonds. The SMILES string of the molecule is C[n+]1c(N)cc(N)nc1SCC1=C(C(=O)[O-])N2C(=O)C(N)C2SC1. The van der Waals surface area contributed by atoms with Crippen LogP contribution in [0.1, 0.15) is 0 Å². The lowest BCUT2D eigenvalue weighted by Crippen LogP contribution is -2.69. The summed E-state index contributed by atoms with van der Waals surface area (Å²) in [5.74, 6) is -0.261. The Morgan fingerprint density at radius 1 is 1.58 bits per heavy atom. The van der Waals surface area contributed by atoms with Crippen LogP contribution in [0.2, 0.25) is 0 Å². The summed E-state index contributed by atoms with van der Waals surface area (Å²) in [6.45, 7) is 0. The van der Waals surface area contributed by atoms with Gasteiger partial charge in [0.15, 0.2) is 0 Å². The Kier molecular flexibility index (Phi) is 4.32. The number of carboxylic acid groups (broad SMARTS) is 1. The maximum absolute atomic E-state index is 11.9. The van der Waals surface area contributed by atoms with Crippen LogP contribution in [0, 0.1) is 0 Å². The van der Waals surface area contributed by atoms with Crippen molar-refractivity contribution in [1.29, 1.82) is 0 Å². The van der Waals surface area contributed by atoms with Crippen molar-refractivity contribution in [3.8, 4) is 0 Å². The van der Waals surface area contributed by atoms with Crippen LogP contribution in [0.4, 0.5) is 11.6 Å². The number of nitrogens with zero attached hydrogens (tertiary/aromatic N) is 3. The molecule has 2 atom stereocenters.